The maximum absolute atomic E-state index is 12.2. The van der Waals surface area contributed by atoms with Gasteiger partial charge in [-0.15, -0.1) is 0 Å². The number of nitrogens with one attached hydrogen (secondary N) is 2. The van der Waals surface area contributed by atoms with Gasteiger partial charge in [-0.1, -0.05) is 23.7 Å². The van der Waals surface area contributed by atoms with Crippen LogP contribution in [0.1, 0.15) is 28.8 Å². The van der Waals surface area contributed by atoms with E-state index in [9.17, 15) is 4.79 Å². The predicted octanol–water partition coefficient (Wildman–Crippen LogP) is 3.90. The lowest BCUT2D eigenvalue weighted by molar-refractivity contribution is 0.102. The van der Waals surface area contributed by atoms with Crippen molar-refractivity contribution in [3.05, 3.63) is 64.7 Å². The highest BCUT2D eigenvalue weighted by Gasteiger charge is 2.13. The van der Waals surface area contributed by atoms with E-state index < -0.39 is 0 Å². The molecule has 1 atom stereocenters. The van der Waals surface area contributed by atoms with Crippen molar-refractivity contribution in [2.24, 2.45) is 0 Å². The molecule has 0 radical (unpaired) electrons. The number of aryl methyl sites for hydroxylation is 1. The molecule has 25 heavy (non-hydrogen) atoms. The summed E-state index contributed by atoms with van der Waals surface area (Å²) >= 11 is 5.84. The van der Waals surface area contributed by atoms with Crippen molar-refractivity contribution in [2.45, 2.75) is 25.3 Å². The Morgan fingerprint density at radius 3 is 2.56 bits per heavy atom. The van der Waals surface area contributed by atoms with Crippen molar-refractivity contribution in [1.82, 2.24) is 5.32 Å². The number of carbonyl (C=O) groups excluding carboxylic acids is 1. The maximum Gasteiger partial charge on any atom is 0.255 e. The van der Waals surface area contributed by atoms with Crippen LogP contribution in [0.4, 0.5) is 5.69 Å². The van der Waals surface area contributed by atoms with Gasteiger partial charge >= 0.3 is 0 Å². The fourth-order valence-corrected chi connectivity index (χ4v) is 2.98. The molecule has 1 heterocycles. The van der Waals surface area contributed by atoms with E-state index in [1.54, 1.807) is 24.3 Å². The minimum Gasteiger partial charge on any atom is -0.380 e. The Labute approximate surface area is 153 Å². The fourth-order valence-electron chi connectivity index (χ4n) is 2.85. The predicted molar refractivity (Wildman–Crippen MR) is 101 cm³/mol. The van der Waals surface area contributed by atoms with Gasteiger partial charge in [0.25, 0.3) is 5.91 Å². The number of hydrogen-bond acceptors (Lipinski definition) is 3. The lowest BCUT2D eigenvalue weighted by Gasteiger charge is -2.10. The molecule has 0 spiro atoms. The van der Waals surface area contributed by atoms with Gasteiger partial charge < -0.3 is 15.4 Å². The third kappa shape index (κ3) is 5.56. The molecular formula is C20H23ClN2O2. The second-order valence-corrected chi connectivity index (χ2v) is 6.71. The molecule has 3 rings (SSSR count). The monoisotopic (exact) mass is 358 g/mol. The molecule has 1 saturated heterocycles. The molecule has 2 aromatic carbocycles. The van der Waals surface area contributed by atoms with Crippen LogP contribution in [0.25, 0.3) is 0 Å². The summed E-state index contributed by atoms with van der Waals surface area (Å²) in [7, 11) is 0. The molecule has 0 bridgehead atoms. The van der Waals surface area contributed by atoms with Crippen LogP contribution in [0.5, 0.6) is 0 Å². The zero-order chi connectivity index (χ0) is 17.5. The summed E-state index contributed by atoms with van der Waals surface area (Å²) in [5, 5.41) is 7.04. The van der Waals surface area contributed by atoms with Gasteiger partial charge in [0.2, 0.25) is 0 Å². The molecule has 0 unspecified atom stereocenters. The summed E-state index contributed by atoms with van der Waals surface area (Å²) < 4.78 is 5.35. The Hall–Kier alpha value is -1.88. The molecule has 2 aromatic rings. The van der Waals surface area contributed by atoms with Crippen LogP contribution in [0, 0.1) is 0 Å². The molecule has 4 nitrogen and oxygen atoms in total. The molecule has 0 aliphatic carbocycles. The van der Waals surface area contributed by atoms with Crippen molar-refractivity contribution >= 4 is 23.2 Å². The van der Waals surface area contributed by atoms with Gasteiger partial charge in [-0.3, -0.25) is 4.79 Å². The highest BCUT2D eigenvalue weighted by atomic mass is 35.5. The van der Waals surface area contributed by atoms with Gasteiger partial charge in [-0.05, 0) is 67.8 Å². The summed E-state index contributed by atoms with van der Waals surface area (Å²) in [6, 6.07) is 15.4. The summed E-state index contributed by atoms with van der Waals surface area (Å²) in [5.74, 6) is -0.132. The van der Waals surface area contributed by atoms with E-state index >= 15 is 0 Å². The van der Waals surface area contributed by atoms with Crippen LogP contribution in [0.2, 0.25) is 5.02 Å². The Balaban J connectivity index is 1.43. The highest BCUT2D eigenvalue weighted by molar-refractivity contribution is 6.30. The number of benzene rings is 2. The summed E-state index contributed by atoms with van der Waals surface area (Å²) in [4.78, 5) is 12.2. The Morgan fingerprint density at radius 2 is 1.88 bits per heavy atom. The van der Waals surface area contributed by atoms with Crippen molar-refractivity contribution in [3.63, 3.8) is 0 Å². The van der Waals surface area contributed by atoms with Gasteiger partial charge in [0.15, 0.2) is 0 Å². The second-order valence-electron chi connectivity index (χ2n) is 6.28. The second kappa shape index (κ2) is 8.99. The molecule has 0 aromatic heterocycles. The zero-order valence-electron chi connectivity index (χ0n) is 14.1. The number of anilines is 1. The first-order chi connectivity index (χ1) is 12.2. The van der Waals surface area contributed by atoms with Crippen LogP contribution >= 0.6 is 11.6 Å². The van der Waals surface area contributed by atoms with E-state index in [0.717, 1.165) is 44.7 Å². The third-order valence-corrected chi connectivity index (χ3v) is 4.58. The number of rotatable bonds is 7. The van der Waals surface area contributed by atoms with E-state index in [1.807, 2.05) is 12.1 Å². The Morgan fingerprint density at radius 1 is 1.12 bits per heavy atom. The molecule has 5 heteroatoms. The van der Waals surface area contributed by atoms with E-state index in [2.05, 4.69) is 22.8 Å². The average Bonchev–Trinajstić information content (AvgIpc) is 3.14. The summed E-state index contributed by atoms with van der Waals surface area (Å²) in [6.45, 7) is 2.71. The van der Waals surface area contributed by atoms with Gasteiger partial charge in [0.05, 0.1) is 6.61 Å². The van der Waals surface area contributed by atoms with Gasteiger partial charge in [0.1, 0.15) is 0 Å². The lowest BCUT2D eigenvalue weighted by atomic mass is 10.1. The number of carbonyl (C=O) groups is 1. The average molecular weight is 359 g/mol. The van der Waals surface area contributed by atoms with Crippen LogP contribution in [-0.2, 0) is 11.2 Å². The standard InChI is InChI=1S/C20H23ClN2O2/c21-17-7-5-16(6-8-17)20(24)23-18-9-3-15(4-10-18)2-1-12-22-19-11-13-25-14-19/h3-10,19,22H,1-2,11-14H2,(H,23,24)/t19-/m1/s1. The highest BCUT2D eigenvalue weighted by Crippen LogP contribution is 2.14. The van der Waals surface area contributed by atoms with E-state index in [4.69, 9.17) is 16.3 Å². The first-order valence-electron chi connectivity index (χ1n) is 8.68. The van der Waals surface area contributed by atoms with Crippen LogP contribution < -0.4 is 10.6 Å². The van der Waals surface area contributed by atoms with Crippen LogP contribution in [0.15, 0.2) is 48.5 Å². The molecular weight excluding hydrogens is 336 g/mol. The van der Waals surface area contributed by atoms with E-state index in [1.165, 1.54) is 5.56 Å². The van der Waals surface area contributed by atoms with Crippen molar-refractivity contribution < 1.29 is 9.53 Å². The Kier molecular flexibility index (Phi) is 6.45. The molecule has 2 N–H and O–H groups in total. The summed E-state index contributed by atoms with van der Waals surface area (Å²) in [6.07, 6.45) is 3.22. The number of amides is 1. The van der Waals surface area contributed by atoms with Gasteiger partial charge in [-0.25, -0.2) is 0 Å². The summed E-state index contributed by atoms with van der Waals surface area (Å²) in [5.41, 5.74) is 2.66. The lowest BCUT2D eigenvalue weighted by Crippen LogP contribution is -2.30. The number of hydrogen-bond donors (Lipinski definition) is 2. The first kappa shape index (κ1) is 17.9. The topological polar surface area (TPSA) is 50.4 Å². The molecule has 1 amide bonds. The number of ether oxygens (including phenoxy) is 1. The van der Waals surface area contributed by atoms with Gasteiger partial charge in [0, 0.05) is 28.9 Å². The minimum absolute atomic E-state index is 0.132. The molecule has 0 saturated carbocycles. The normalized spacial score (nSPS) is 16.8. The van der Waals surface area contributed by atoms with Crippen molar-refractivity contribution in [1.29, 1.82) is 0 Å². The van der Waals surface area contributed by atoms with Crippen LogP contribution in [-0.4, -0.2) is 31.7 Å². The zero-order valence-corrected chi connectivity index (χ0v) is 14.9. The van der Waals surface area contributed by atoms with Crippen molar-refractivity contribution in [2.75, 3.05) is 25.1 Å². The molecule has 1 fully saturated rings. The maximum atomic E-state index is 12.2. The fraction of sp³-hybridized carbons (Fsp3) is 0.350. The van der Waals surface area contributed by atoms with E-state index in [-0.39, 0.29) is 5.91 Å². The van der Waals surface area contributed by atoms with Gasteiger partial charge in [-0.2, -0.15) is 0 Å². The largest absolute Gasteiger partial charge is 0.380 e. The molecule has 132 valence electrons. The Bertz CT molecular complexity index is 680. The minimum atomic E-state index is -0.132. The van der Waals surface area contributed by atoms with Crippen molar-refractivity contribution in [3.8, 4) is 0 Å². The molecule has 1 aliphatic heterocycles. The van der Waals surface area contributed by atoms with Crippen LogP contribution in [0.3, 0.4) is 0 Å². The quantitative estimate of drug-likeness (QED) is 0.738. The number of halogens is 1. The SMILES string of the molecule is O=C(Nc1ccc(CCCN[C@@H]2CCOC2)cc1)c1ccc(Cl)cc1. The van der Waals surface area contributed by atoms with E-state index in [0.29, 0.717) is 16.6 Å². The molecule has 1 aliphatic rings. The smallest absolute Gasteiger partial charge is 0.255 e. The first-order valence-corrected chi connectivity index (χ1v) is 9.05. The third-order valence-electron chi connectivity index (χ3n) is 4.32.